The summed E-state index contributed by atoms with van der Waals surface area (Å²) < 4.78 is 5.83. The topological polar surface area (TPSA) is 72.0 Å². The molecule has 0 saturated carbocycles. The van der Waals surface area contributed by atoms with Crippen LogP contribution in [0.3, 0.4) is 0 Å². The van der Waals surface area contributed by atoms with Crippen LogP contribution < -0.4 is 15.4 Å². The molecule has 0 spiro atoms. The Kier molecular flexibility index (Phi) is 5.62. The van der Waals surface area contributed by atoms with Gasteiger partial charge in [-0.05, 0) is 55.5 Å². The van der Waals surface area contributed by atoms with Crippen molar-refractivity contribution in [2.75, 3.05) is 10.6 Å². The molecule has 4 rings (SSSR count). The Bertz CT molecular complexity index is 1050. The molecule has 4 aromatic rings. The van der Waals surface area contributed by atoms with Gasteiger partial charge in [-0.15, -0.1) is 0 Å². The fraction of sp³-hybridized carbons (Fsp3) is 0.0870. The lowest BCUT2D eigenvalue weighted by Gasteiger charge is -2.11. The number of hydrogen-bond acceptors (Lipinski definition) is 6. The van der Waals surface area contributed by atoms with E-state index in [0.29, 0.717) is 12.5 Å². The Morgan fingerprint density at radius 2 is 1.59 bits per heavy atom. The molecule has 2 heterocycles. The molecule has 0 aliphatic heterocycles. The number of ether oxygens (including phenoxy) is 1. The summed E-state index contributed by atoms with van der Waals surface area (Å²) in [5, 5.41) is 6.53. The average Bonchev–Trinajstić information content (AvgIpc) is 2.75. The standard InChI is InChI=1S/C23H21N5O/c1-17-15-22(28-23(26-17)25-16-19-7-5-6-14-24-19)27-18-10-12-21(13-11-18)29-20-8-3-2-4-9-20/h2-15H,16H2,1H3,(H2,25,26,27,28). The molecule has 0 fully saturated rings. The third-order valence-corrected chi connectivity index (χ3v) is 4.11. The van der Waals surface area contributed by atoms with Crippen LogP contribution in [-0.2, 0) is 6.54 Å². The van der Waals surface area contributed by atoms with Crippen molar-refractivity contribution in [1.29, 1.82) is 0 Å². The van der Waals surface area contributed by atoms with E-state index >= 15 is 0 Å². The van der Waals surface area contributed by atoms with Crippen molar-refractivity contribution in [2.24, 2.45) is 0 Å². The van der Waals surface area contributed by atoms with Gasteiger partial charge in [0.25, 0.3) is 0 Å². The highest BCUT2D eigenvalue weighted by Crippen LogP contribution is 2.24. The van der Waals surface area contributed by atoms with Crippen molar-refractivity contribution in [3.63, 3.8) is 0 Å². The summed E-state index contributed by atoms with van der Waals surface area (Å²) in [7, 11) is 0. The van der Waals surface area contributed by atoms with Gasteiger partial charge in [-0.3, -0.25) is 4.98 Å². The van der Waals surface area contributed by atoms with Gasteiger partial charge in [0.15, 0.2) is 0 Å². The summed E-state index contributed by atoms with van der Waals surface area (Å²) in [6.07, 6.45) is 1.77. The van der Waals surface area contributed by atoms with E-state index in [1.54, 1.807) is 6.20 Å². The van der Waals surface area contributed by atoms with Crippen molar-refractivity contribution in [2.45, 2.75) is 13.5 Å². The van der Waals surface area contributed by atoms with Gasteiger partial charge in [0.05, 0.1) is 12.2 Å². The maximum Gasteiger partial charge on any atom is 0.225 e. The molecule has 0 aliphatic rings. The zero-order valence-corrected chi connectivity index (χ0v) is 16.0. The highest BCUT2D eigenvalue weighted by molar-refractivity contribution is 5.58. The molecule has 0 unspecified atom stereocenters. The normalized spacial score (nSPS) is 10.4. The van der Waals surface area contributed by atoms with Crippen molar-refractivity contribution in [3.8, 4) is 11.5 Å². The fourth-order valence-electron chi connectivity index (χ4n) is 2.76. The molecule has 6 nitrogen and oxygen atoms in total. The van der Waals surface area contributed by atoms with E-state index < -0.39 is 0 Å². The monoisotopic (exact) mass is 383 g/mol. The Labute approximate surface area is 169 Å². The lowest BCUT2D eigenvalue weighted by molar-refractivity contribution is 0.483. The predicted octanol–water partition coefficient (Wildman–Crippen LogP) is 5.33. The van der Waals surface area contributed by atoms with Crippen LogP contribution in [0.5, 0.6) is 11.5 Å². The van der Waals surface area contributed by atoms with Gasteiger partial charge in [0, 0.05) is 23.6 Å². The number of rotatable bonds is 7. The lowest BCUT2D eigenvalue weighted by Crippen LogP contribution is -2.07. The van der Waals surface area contributed by atoms with Gasteiger partial charge < -0.3 is 15.4 Å². The van der Waals surface area contributed by atoms with Gasteiger partial charge in [-0.25, -0.2) is 4.98 Å². The van der Waals surface area contributed by atoms with Crippen LogP contribution in [0.2, 0.25) is 0 Å². The third-order valence-electron chi connectivity index (χ3n) is 4.11. The number of nitrogens with zero attached hydrogens (tertiary/aromatic N) is 3. The van der Waals surface area contributed by atoms with Crippen LogP contribution >= 0.6 is 0 Å². The second-order valence-electron chi connectivity index (χ2n) is 6.46. The number of aryl methyl sites for hydroxylation is 1. The van der Waals surface area contributed by atoms with E-state index in [2.05, 4.69) is 25.6 Å². The first-order valence-corrected chi connectivity index (χ1v) is 9.34. The average molecular weight is 383 g/mol. The summed E-state index contributed by atoms with van der Waals surface area (Å²) in [6, 6.07) is 25.2. The van der Waals surface area contributed by atoms with E-state index in [1.165, 1.54) is 0 Å². The first-order chi connectivity index (χ1) is 14.2. The number of benzene rings is 2. The van der Waals surface area contributed by atoms with Crippen LogP contribution in [0.4, 0.5) is 17.5 Å². The third kappa shape index (κ3) is 5.29. The Morgan fingerprint density at radius 1 is 0.828 bits per heavy atom. The molecule has 0 radical (unpaired) electrons. The van der Waals surface area contributed by atoms with Gasteiger partial charge in [-0.2, -0.15) is 4.98 Å². The molecule has 0 atom stereocenters. The predicted molar refractivity (Wildman–Crippen MR) is 115 cm³/mol. The molecular formula is C23H21N5O. The number of hydrogen-bond donors (Lipinski definition) is 2. The lowest BCUT2D eigenvalue weighted by atomic mass is 10.3. The Morgan fingerprint density at radius 3 is 2.34 bits per heavy atom. The molecule has 0 saturated heterocycles. The highest BCUT2D eigenvalue weighted by atomic mass is 16.5. The summed E-state index contributed by atoms with van der Waals surface area (Å²) in [6.45, 7) is 2.50. The Hall–Kier alpha value is -3.93. The van der Waals surface area contributed by atoms with Crippen LogP contribution in [-0.4, -0.2) is 15.0 Å². The number of aromatic nitrogens is 3. The minimum Gasteiger partial charge on any atom is -0.457 e. The van der Waals surface area contributed by atoms with Crippen molar-refractivity contribution < 1.29 is 4.74 Å². The van der Waals surface area contributed by atoms with Crippen molar-refractivity contribution in [1.82, 2.24) is 15.0 Å². The molecule has 144 valence electrons. The second-order valence-corrected chi connectivity index (χ2v) is 6.46. The van der Waals surface area contributed by atoms with Crippen LogP contribution in [0.15, 0.2) is 85.1 Å². The maximum atomic E-state index is 5.83. The first-order valence-electron chi connectivity index (χ1n) is 9.34. The molecule has 6 heteroatoms. The van der Waals surface area contributed by atoms with E-state index in [4.69, 9.17) is 4.74 Å². The van der Waals surface area contributed by atoms with E-state index in [0.717, 1.165) is 34.4 Å². The molecule has 2 N–H and O–H groups in total. The van der Waals surface area contributed by atoms with Crippen molar-refractivity contribution in [3.05, 3.63) is 96.4 Å². The van der Waals surface area contributed by atoms with Crippen LogP contribution in [0, 0.1) is 6.92 Å². The summed E-state index contributed by atoms with van der Waals surface area (Å²) in [5.41, 5.74) is 2.72. The van der Waals surface area contributed by atoms with Gasteiger partial charge in [0.2, 0.25) is 5.95 Å². The summed E-state index contributed by atoms with van der Waals surface area (Å²) in [5.74, 6) is 2.86. The largest absolute Gasteiger partial charge is 0.457 e. The molecule has 2 aromatic heterocycles. The SMILES string of the molecule is Cc1cc(Nc2ccc(Oc3ccccc3)cc2)nc(NCc2ccccn2)n1. The molecule has 2 aromatic carbocycles. The van der Waals surface area contributed by atoms with E-state index in [1.807, 2.05) is 85.8 Å². The second kappa shape index (κ2) is 8.84. The van der Waals surface area contributed by atoms with E-state index in [-0.39, 0.29) is 0 Å². The number of anilines is 3. The van der Waals surface area contributed by atoms with Gasteiger partial charge in [0.1, 0.15) is 17.3 Å². The van der Waals surface area contributed by atoms with Crippen molar-refractivity contribution >= 4 is 17.5 Å². The first kappa shape index (κ1) is 18.4. The van der Waals surface area contributed by atoms with Crippen LogP contribution in [0.25, 0.3) is 0 Å². The van der Waals surface area contributed by atoms with E-state index in [9.17, 15) is 0 Å². The van der Waals surface area contributed by atoms with Gasteiger partial charge in [-0.1, -0.05) is 24.3 Å². The minimum atomic E-state index is 0.558. The number of nitrogens with one attached hydrogen (secondary N) is 2. The highest BCUT2D eigenvalue weighted by Gasteiger charge is 2.04. The molecule has 29 heavy (non-hydrogen) atoms. The zero-order chi connectivity index (χ0) is 19.9. The number of para-hydroxylation sites is 1. The van der Waals surface area contributed by atoms with Crippen LogP contribution in [0.1, 0.15) is 11.4 Å². The maximum absolute atomic E-state index is 5.83. The molecule has 0 aliphatic carbocycles. The summed E-state index contributed by atoms with van der Waals surface area (Å²) in [4.78, 5) is 13.3. The zero-order valence-electron chi connectivity index (χ0n) is 16.0. The molecule has 0 bridgehead atoms. The minimum absolute atomic E-state index is 0.558. The smallest absolute Gasteiger partial charge is 0.225 e. The molecular weight excluding hydrogens is 362 g/mol. The summed E-state index contributed by atoms with van der Waals surface area (Å²) >= 11 is 0. The molecule has 0 amide bonds. The quantitative estimate of drug-likeness (QED) is 0.449. The number of pyridine rings is 1. The fourth-order valence-corrected chi connectivity index (χ4v) is 2.76. The Balaban J connectivity index is 1.41. The van der Waals surface area contributed by atoms with Gasteiger partial charge >= 0.3 is 0 Å².